The van der Waals surface area contributed by atoms with Gasteiger partial charge in [-0.1, -0.05) is 0 Å². The number of aromatic nitrogens is 2. The van der Waals surface area contributed by atoms with Gasteiger partial charge in [0.1, 0.15) is 12.3 Å². The third-order valence-corrected chi connectivity index (χ3v) is 7.57. The summed E-state index contributed by atoms with van der Waals surface area (Å²) in [5, 5.41) is 10.1. The minimum atomic E-state index is -5.67. The van der Waals surface area contributed by atoms with Crippen LogP contribution in [-0.4, -0.2) is 59.2 Å². The van der Waals surface area contributed by atoms with Gasteiger partial charge in [0.15, 0.2) is 0 Å². The Balaban J connectivity index is 2.04. The standard InChI is InChI=1S/C13H23N2O14P3/c1-7(2)26-12-8(3)5-15(13(17)14-12)11-4-9(16)10(27-11)6-25-31(21,22)29-32(23,24)28-30(18,19)20/h5,7,9-11,16H,4,6H2,1-3H3,(H,21,22)(H,23,24)(H2,18,19,20)/t9-,10+,11+/m0/s1. The van der Waals surface area contributed by atoms with Crippen molar-refractivity contribution in [1.29, 1.82) is 0 Å². The summed E-state index contributed by atoms with van der Waals surface area (Å²) in [6.07, 6.45) is -2.54. The summed E-state index contributed by atoms with van der Waals surface area (Å²) in [6.45, 7) is 4.30. The highest BCUT2D eigenvalue weighted by atomic mass is 31.3. The van der Waals surface area contributed by atoms with E-state index < -0.39 is 54.2 Å². The van der Waals surface area contributed by atoms with Crippen LogP contribution in [-0.2, 0) is 31.6 Å². The highest BCUT2D eigenvalue weighted by Crippen LogP contribution is 2.66. The van der Waals surface area contributed by atoms with Crippen LogP contribution in [0.5, 0.6) is 5.88 Å². The van der Waals surface area contributed by atoms with Gasteiger partial charge in [-0.3, -0.25) is 9.09 Å². The first-order valence-electron chi connectivity index (χ1n) is 8.86. The molecule has 5 N–H and O–H groups in total. The Hall–Kier alpha value is -0.990. The molecular weight excluding hydrogens is 501 g/mol. The molecule has 1 aliphatic rings. The van der Waals surface area contributed by atoms with Crippen molar-refractivity contribution in [3.05, 3.63) is 22.2 Å². The van der Waals surface area contributed by atoms with E-state index >= 15 is 0 Å². The first-order valence-corrected chi connectivity index (χ1v) is 13.4. The van der Waals surface area contributed by atoms with Crippen molar-refractivity contribution in [1.82, 2.24) is 9.55 Å². The number of aliphatic hydroxyl groups excluding tert-OH is 1. The molecule has 0 saturated carbocycles. The molecule has 2 unspecified atom stereocenters. The van der Waals surface area contributed by atoms with Crippen molar-refractivity contribution >= 4 is 23.5 Å². The van der Waals surface area contributed by atoms with Gasteiger partial charge in [0.2, 0.25) is 5.88 Å². The fraction of sp³-hybridized carbons (Fsp3) is 0.692. The van der Waals surface area contributed by atoms with Gasteiger partial charge in [-0.05, 0) is 20.8 Å². The van der Waals surface area contributed by atoms with Crippen LogP contribution < -0.4 is 10.4 Å². The number of hydrogen-bond acceptors (Lipinski definition) is 11. The van der Waals surface area contributed by atoms with Gasteiger partial charge in [0.05, 0.1) is 18.8 Å². The Morgan fingerprint density at radius 2 is 1.81 bits per heavy atom. The molecule has 0 aliphatic carbocycles. The van der Waals surface area contributed by atoms with Gasteiger partial charge in [-0.2, -0.15) is 13.6 Å². The number of aliphatic hydroxyl groups is 1. The number of phosphoric acid groups is 3. The van der Waals surface area contributed by atoms with Crippen molar-refractivity contribution in [2.24, 2.45) is 0 Å². The fourth-order valence-electron chi connectivity index (χ4n) is 2.61. The number of hydrogen-bond donors (Lipinski definition) is 5. The SMILES string of the molecule is Cc1cn([C@H]2C[C@H](O)[C@@H](COP(=O)(O)OP(=O)(O)OP(=O)(O)O)O2)c(=O)nc1OC(C)C. The first kappa shape index (κ1) is 27.3. The van der Waals surface area contributed by atoms with E-state index in [1.807, 2.05) is 0 Å². The minimum Gasteiger partial charge on any atom is -0.475 e. The van der Waals surface area contributed by atoms with E-state index in [1.165, 1.54) is 6.20 Å². The monoisotopic (exact) mass is 524 g/mol. The van der Waals surface area contributed by atoms with Crippen molar-refractivity contribution in [3.63, 3.8) is 0 Å². The van der Waals surface area contributed by atoms with E-state index in [-0.39, 0.29) is 18.4 Å². The maximum Gasteiger partial charge on any atom is 0.490 e. The lowest BCUT2D eigenvalue weighted by Gasteiger charge is -2.20. The van der Waals surface area contributed by atoms with Crippen LogP contribution in [0, 0.1) is 6.92 Å². The molecule has 0 amide bonds. The largest absolute Gasteiger partial charge is 0.490 e. The summed E-state index contributed by atoms with van der Waals surface area (Å²) in [6, 6.07) is 0. The minimum absolute atomic E-state index is 0.129. The van der Waals surface area contributed by atoms with Gasteiger partial charge in [0.25, 0.3) is 0 Å². The molecule has 32 heavy (non-hydrogen) atoms. The van der Waals surface area contributed by atoms with Gasteiger partial charge < -0.3 is 34.2 Å². The lowest BCUT2D eigenvalue weighted by atomic mass is 10.2. The molecule has 5 atom stereocenters. The molecule has 184 valence electrons. The van der Waals surface area contributed by atoms with Gasteiger partial charge in [0, 0.05) is 18.2 Å². The average molecular weight is 524 g/mol. The molecule has 16 nitrogen and oxygen atoms in total. The van der Waals surface area contributed by atoms with E-state index in [0.29, 0.717) is 5.56 Å². The quantitative estimate of drug-likeness (QED) is 0.259. The number of aryl methyl sites for hydroxylation is 1. The van der Waals surface area contributed by atoms with Crippen molar-refractivity contribution in [2.75, 3.05) is 6.61 Å². The van der Waals surface area contributed by atoms with E-state index in [1.54, 1.807) is 20.8 Å². The molecule has 1 saturated heterocycles. The predicted octanol–water partition coefficient (Wildman–Crippen LogP) is 0.331. The molecule has 1 aromatic rings. The maximum atomic E-state index is 12.3. The zero-order valence-electron chi connectivity index (χ0n) is 16.9. The third-order valence-electron chi connectivity index (χ3n) is 3.77. The molecule has 0 radical (unpaired) electrons. The average Bonchev–Trinajstić information content (AvgIpc) is 2.93. The number of phosphoric ester groups is 1. The summed E-state index contributed by atoms with van der Waals surface area (Å²) in [4.78, 5) is 51.7. The zero-order chi connectivity index (χ0) is 24.5. The smallest absolute Gasteiger partial charge is 0.475 e. The fourth-order valence-corrected chi connectivity index (χ4v) is 5.64. The molecule has 2 rings (SSSR count). The topological polar surface area (TPSA) is 233 Å². The van der Waals surface area contributed by atoms with Crippen LogP contribution in [0.1, 0.15) is 32.1 Å². The van der Waals surface area contributed by atoms with Crippen LogP contribution in [0.15, 0.2) is 11.0 Å². The lowest BCUT2D eigenvalue weighted by molar-refractivity contribution is -0.0451. The van der Waals surface area contributed by atoms with Gasteiger partial charge >= 0.3 is 29.2 Å². The summed E-state index contributed by atoms with van der Waals surface area (Å²) < 4.78 is 57.3. The molecule has 1 fully saturated rings. The summed E-state index contributed by atoms with van der Waals surface area (Å²) in [5.41, 5.74) is -0.231. The summed E-state index contributed by atoms with van der Waals surface area (Å²) in [5.74, 6) is 0.129. The van der Waals surface area contributed by atoms with E-state index in [4.69, 9.17) is 24.2 Å². The van der Waals surface area contributed by atoms with Gasteiger partial charge in [-0.25, -0.2) is 18.5 Å². The molecule has 19 heteroatoms. The summed E-state index contributed by atoms with van der Waals surface area (Å²) in [7, 11) is -16.6. The normalized spacial score (nSPS) is 25.5. The molecule has 0 spiro atoms. The Morgan fingerprint density at radius 3 is 2.38 bits per heavy atom. The molecule has 2 heterocycles. The van der Waals surface area contributed by atoms with Crippen LogP contribution in [0.2, 0.25) is 0 Å². The highest BCUT2D eigenvalue weighted by Gasteiger charge is 2.43. The Bertz CT molecular complexity index is 1020. The maximum absolute atomic E-state index is 12.3. The Morgan fingerprint density at radius 1 is 1.19 bits per heavy atom. The van der Waals surface area contributed by atoms with Crippen LogP contribution >= 0.6 is 23.5 Å². The number of ether oxygens (including phenoxy) is 2. The van der Waals surface area contributed by atoms with Crippen molar-refractivity contribution in [2.45, 2.75) is 51.7 Å². The van der Waals surface area contributed by atoms with Crippen LogP contribution in [0.4, 0.5) is 0 Å². The van der Waals surface area contributed by atoms with E-state index in [2.05, 4.69) is 18.1 Å². The molecule has 1 aliphatic heterocycles. The van der Waals surface area contributed by atoms with E-state index in [0.717, 1.165) is 4.57 Å². The predicted molar refractivity (Wildman–Crippen MR) is 103 cm³/mol. The second-order valence-corrected chi connectivity index (χ2v) is 11.3. The summed E-state index contributed by atoms with van der Waals surface area (Å²) >= 11 is 0. The zero-order valence-corrected chi connectivity index (χ0v) is 19.6. The molecular formula is C13H23N2O14P3. The second kappa shape index (κ2) is 10.1. The molecule has 0 aromatic carbocycles. The van der Waals surface area contributed by atoms with Gasteiger partial charge in [-0.15, -0.1) is 0 Å². The Labute approximate surface area is 181 Å². The third kappa shape index (κ3) is 8.10. The van der Waals surface area contributed by atoms with E-state index in [9.17, 15) is 28.5 Å². The van der Waals surface area contributed by atoms with Crippen molar-refractivity contribution in [3.8, 4) is 5.88 Å². The molecule has 0 bridgehead atoms. The second-order valence-electron chi connectivity index (χ2n) is 6.90. The Kier molecular flexibility index (Phi) is 8.60. The van der Waals surface area contributed by atoms with Crippen LogP contribution in [0.25, 0.3) is 0 Å². The highest BCUT2D eigenvalue weighted by molar-refractivity contribution is 7.66. The lowest BCUT2D eigenvalue weighted by Crippen LogP contribution is -2.29. The molecule has 1 aromatic heterocycles. The van der Waals surface area contributed by atoms with Crippen molar-refractivity contribution < 1.29 is 61.0 Å². The number of rotatable bonds is 10. The first-order chi connectivity index (χ1) is 14.5. The number of nitrogens with zero attached hydrogens (tertiary/aromatic N) is 2. The van der Waals surface area contributed by atoms with Crippen LogP contribution in [0.3, 0.4) is 0 Å².